The second-order valence-electron chi connectivity index (χ2n) is 8.44. The smallest absolute Gasteiger partial charge is 0.335 e. The van der Waals surface area contributed by atoms with Crippen LogP contribution in [0.5, 0.6) is 5.75 Å². The van der Waals surface area contributed by atoms with Gasteiger partial charge in [-0.05, 0) is 66.9 Å². The van der Waals surface area contributed by atoms with Gasteiger partial charge in [-0.2, -0.15) is 0 Å². The Labute approximate surface area is 216 Å². The van der Waals surface area contributed by atoms with Crippen molar-refractivity contribution >= 4 is 46.9 Å². The molecule has 0 aliphatic carbocycles. The van der Waals surface area contributed by atoms with Gasteiger partial charge in [-0.15, -0.1) is 0 Å². The average molecular weight is 514 g/mol. The summed E-state index contributed by atoms with van der Waals surface area (Å²) in [6, 6.07) is 15.8. The van der Waals surface area contributed by atoms with Crippen LogP contribution in [0.25, 0.3) is 6.08 Å². The second-order valence-corrected chi connectivity index (χ2v) is 8.44. The standard InChI is InChI=1S/C27H22N4O7/c1-16-9-10-19(11-17(16)2)28-24(32)15-38-22-8-3-5-18(12-22)13-23-25(33)29-27(35)30(26(23)34)20-6-4-7-21(14-20)31(36)37/h3-14H,15H2,1-2H3,(H,28,32)(H,29,33,35)/b23-13-. The summed E-state index contributed by atoms with van der Waals surface area (Å²) in [5, 5.41) is 15.9. The summed E-state index contributed by atoms with van der Waals surface area (Å²) in [4.78, 5) is 61.3. The van der Waals surface area contributed by atoms with Crippen molar-refractivity contribution in [3.8, 4) is 5.75 Å². The minimum atomic E-state index is -1.02. The number of benzene rings is 3. The van der Waals surface area contributed by atoms with Crippen molar-refractivity contribution in [2.75, 3.05) is 16.8 Å². The number of imide groups is 2. The van der Waals surface area contributed by atoms with E-state index in [0.29, 0.717) is 21.9 Å². The Morgan fingerprint density at radius 2 is 1.79 bits per heavy atom. The molecule has 3 aromatic carbocycles. The Balaban J connectivity index is 1.49. The van der Waals surface area contributed by atoms with Gasteiger partial charge in [0.15, 0.2) is 6.61 Å². The maximum Gasteiger partial charge on any atom is 0.335 e. The molecule has 1 heterocycles. The summed E-state index contributed by atoms with van der Waals surface area (Å²) in [6.07, 6.45) is 1.26. The summed E-state index contributed by atoms with van der Waals surface area (Å²) in [7, 11) is 0. The molecule has 5 amide bonds. The molecule has 0 aromatic heterocycles. The number of amides is 5. The van der Waals surface area contributed by atoms with Crippen molar-refractivity contribution in [1.29, 1.82) is 0 Å². The van der Waals surface area contributed by atoms with Gasteiger partial charge in [0.1, 0.15) is 11.3 Å². The normalized spacial score (nSPS) is 14.3. The number of carbonyl (C=O) groups is 4. The van der Waals surface area contributed by atoms with Gasteiger partial charge in [0.05, 0.1) is 10.6 Å². The summed E-state index contributed by atoms with van der Waals surface area (Å²) >= 11 is 0. The minimum Gasteiger partial charge on any atom is -0.484 e. The first-order valence-corrected chi connectivity index (χ1v) is 11.4. The van der Waals surface area contributed by atoms with E-state index >= 15 is 0 Å². The zero-order valence-corrected chi connectivity index (χ0v) is 20.4. The summed E-state index contributed by atoms with van der Waals surface area (Å²) in [5.74, 6) is -1.92. The van der Waals surface area contributed by atoms with E-state index < -0.39 is 22.8 Å². The zero-order valence-electron chi connectivity index (χ0n) is 20.4. The number of carbonyl (C=O) groups excluding carboxylic acids is 4. The number of barbiturate groups is 1. The predicted octanol–water partition coefficient (Wildman–Crippen LogP) is 3.90. The third kappa shape index (κ3) is 5.73. The Kier molecular flexibility index (Phi) is 7.28. The van der Waals surface area contributed by atoms with Crippen molar-refractivity contribution in [2.45, 2.75) is 13.8 Å². The van der Waals surface area contributed by atoms with E-state index in [1.807, 2.05) is 26.0 Å². The van der Waals surface area contributed by atoms with Crippen LogP contribution in [0.1, 0.15) is 16.7 Å². The van der Waals surface area contributed by atoms with E-state index in [-0.39, 0.29) is 29.5 Å². The highest BCUT2D eigenvalue weighted by Gasteiger charge is 2.37. The fourth-order valence-corrected chi connectivity index (χ4v) is 3.66. The van der Waals surface area contributed by atoms with Gasteiger partial charge in [0, 0.05) is 17.8 Å². The molecule has 0 atom stereocenters. The molecule has 192 valence electrons. The maximum absolute atomic E-state index is 13.1. The van der Waals surface area contributed by atoms with Crippen molar-refractivity contribution < 1.29 is 28.8 Å². The summed E-state index contributed by atoms with van der Waals surface area (Å²) < 4.78 is 5.57. The SMILES string of the molecule is Cc1ccc(NC(=O)COc2cccc(/C=C3/C(=O)NC(=O)N(c4cccc([N+](=O)[O-])c4)C3=O)c2)cc1C. The lowest BCUT2D eigenvalue weighted by molar-refractivity contribution is -0.384. The molecule has 3 aromatic rings. The first-order valence-electron chi connectivity index (χ1n) is 11.4. The van der Waals surface area contributed by atoms with Gasteiger partial charge in [0.2, 0.25) is 0 Å². The van der Waals surface area contributed by atoms with Gasteiger partial charge in [-0.25, -0.2) is 9.69 Å². The molecular formula is C27H22N4O7. The number of ether oxygens (including phenoxy) is 1. The Bertz CT molecular complexity index is 1510. The number of anilines is 2. The Morgan fingerprint density at radius 3 is 2.53 bits per heavy atom. The molecule has 11 nitrogen and oxygen atoms in total. The van der Waals surface area contributed by atoms with Gasteiger partial charge < -0.3 is 10.1 Å². The number of non-ortho nitro benzene ring substituents is 1. The number of nitrogens with zero attached hydrogens (tertiary/aromatic N) is 2. The molecule has 0 unspecified atom stereocenters. The highest BCUT2D eigenvalue weighted by atomic mass is 16.6. The third-order valence-corrected chi connectivity index (χ3v) is 5.73. The lowest BCUT2D eigenvalue weighted by atomic mass is 10.1. The molecule has 0 radical (unpaired) electrons. The lowest BCUT2D eigenvalue weighted by Gasteiger charge is -2.26. The number of nitro benzene ring substituents is 1. The number of hydrogen-bond acceptors (Lipinski definition) is 7. The number of rotatable bonds is 7. The van der Waals surface area contributed by atoms with Crippen LogP contribution in [-0.4, -0.2) is 35.3 Å². The molecule has 1 saturated heterocycles. The minimum absolute atomic E-state index is 0.0630. The van der Waals surface area contributed by atoms with E-state index in [1.54, 1.807) is 24.3 Å². The molecule has 4 rings (SSSR count). The highest BCUT2D eigenvalue weighted by Crippen LogP contribution is 2.26. The van der Waals surface area contributed by atoms with E-state index in [1.165, 1.54) is 30.3 Å². The molecule has 1 aliphatic heterocycles. The molecule has 0 bridgehead atoms. The van der Waals surface area contributed by atoms with Crippen LogP contribution in [0.2, 0.25) is 0 Å². The van der Waals surface area contributed by atoms with Crippen LogP contribution in [0.15, 0.2) is 72.3 Å². The molecule has 0 saturated carbocycles. The maximum atomic E-state index is 13.1. The molecule has 38 heavy (non-hydrogen) atoms. The topological polar surface area (TPSA) is 148 Å². The molecule has 2 N–H and O–H groups in total. The van der Waals surface area contributed by atoms with Crippen LogP contribution < -0.4 is 20.3 Å². The monoisotopic (exact) mass is 514 g/mol. The molecule has 1 aliphatic rings. The number of hydrogen-bond donors (Lipinski definition) is 2. The highest BCUT2D eigenvalue weighted by molar-refractivity contribution is 6.39. The van der Waals surface area contributed by atoms with Crippen molar-refractivity contribution in [1.82, 2.24) is 5.32 Å². The second kappa shape index (κ2) is 10.7. The number of aryl methyl sites for hydroxylation is 2. The van der Waals surface area contributed by atoms with Crippen LogP contribution in [0, 0.1) is 24.0 Å². The molecule has 0 spiro atoms. The van der Waals surface area contributed by atoms with Gasteiger partial charge in [0.25, 0.3) is 23.4 Å². The predicted molar refractivity (Wildman–Crippen MR) is 139 cm³/mol. The van der Waals surface area contributed by atoms with Crippen LogP contribution >= 0.6 is 0 Å². The molecule has 11 heteroatoms. The van der Waals surface area contributed by atoms with E-state index in [0.717, 1.165) is 17.2 Å². The fourth-order valence-electron chi connectivity index (χ4n) is 3.66. The zero-order chi connectivity index (χ0) is 27.4. The van der Waals surface area contributed by atoms with Crippen molar-refractivity contribution in [3.63, 3.8) is 0 Å². The number of nitro groups is 1. The molecular weight excluding hydrogens is 492 g/mol. The van der Waals surface area contributed by atoms with Gasteiger partial charge in [-0.3, -0.25) is 29.8 Å². The Hall–Kier alpha value is -5.32. The van der Waals surface area contributed by atoms with Gasteiger partial charge in [-0.1, -0.05) is 24.3 Å². The first-order chi connectivity index (χ1) is 18.1. The largest absolute Gasteiger partial charge is 0.484 e. The fraction of sp³-hybridized carbons (Fsp3) is 0.111. The summed E-state index contributed by atoms with van der Waals surface area (Å²) in [6.45, 7) is 3.64. The van der Waals surface area contributed by atoms with E-state index in [2.05, 4.69) is 10.6 Å². The van der Waals surface area contributed by atoms with Crippen LogP contribution in [0.4, 0.5) is 21.9 Å². The van der Waals surface area contributed by atoms with Crippen molar-refractivity contribution in [3.05, 3.63) is 99.1 Å². The number of urea groups is 1. The van der Waals surface area contributed by atoms with E-state index in [4.69, 9.17) is 4.74 Å². The third-order valence-electron chi connectivity index (χ3n) is 5.73. The van der Waals surface area contributed by atoms with Gasteiger partial charge >= 0.3 is 6.03 Å². The first kappa shape index (κ1) is 25.8. The molecule has 1 fully saturated rings. The van der Waals surface area contributed by atoms with Crippen LogP contribution in [-0.2, 0) is 14.4 Å². The van der Waals surface area contributed by atoms with Crippen molar-refractivity contribution in [2.24, 2.45) is 0 Å². The average Bonchev–Trinajstić information content (AvgIpc) is 2.88. The number of nitrogens with one attached hydrogen (secondary N) is 2. The van der Waals surface area contributed by atoms with Crippen LogP contribution in [0.3, 0.4) is 0 Å². The lowest BCUT2D eigenvalue weighted by Crippen LogP contribution is -2.54. The summed E-state index contributed by atoms with van der Waals surface area (Å²) in [5.41, 5.74) is 2.43. The quantitative estimate of drug-likeness (QED) is 0.210. The van der Waals surface area contributed by atoms with E-state index in [9.17, 15) is 29.3 Å². The Morgan fingerprint density at radius 1 is 1.03 bits per heavy atom.